The van der Waals surface area contributed by atoms with Gasteiger partial charge in [0, 0.05) is 24.3 Å². The number of anilines is 2. The van der Waals surface area contributed by atoms with E-state index in [9.17, 15) is 18.4 Å². The molecule has 0 saturated heterocycles. The van der Waals surface area contributed by atoms with Crippen LogP contribution in [0.5, 0.6) is 0 Å². The van der Waals surface area contributed by atoms with Crippen LogP contribution in [0.1, 0.15) is 21.8 Å². The van der Waals surface area contributed by atoms with Crippen molar-refractivity contribution in [3.8, 4) is 0 Å². The Bertz CT molecular complexity index is 1280. The number of carbonyl (C=O) groups is 2. The Hall–Kier alpha value is -2.38. The van der Waals surface area contributed by atoms with Crippen molar-refractivity contribution >= 4 is 69.6 Å². The minimum absolute atomic E-state index is 0.186. The molecule has 2 atom stereocenters. The average molecular weight is 544 g/mol. The third-order valence-electron chi connectivity index (χ3n) is 5.62. The molecule has 1 aliphatic rings. The van der Waals surface area contributed by atoms with Crippen molar-refractivity contribution in [1.29, 1.82) is 0 Å². The molecule has 1 N–H and O–H groups in total. The van der Waals surface area contributed by atoms with E-state index in [2.05, 4.69) is 5.32 Å². The lowest BCUT2D eigenvalue weighted by Crippen LogP contribution is -2.27. The Morgan fingerprint density at radius 3 is 2.26 bits per heavy atom. The molecular formula is C24H16Cl4F2N2O2. The fourth-order valence-electron chi connectivity index (χ4n) is 3.72. The first-order chi connectivity index (χ1) is 16.0. The van der Waals surface area contributed by atoms with Gasteiger partial charge in [-0.1, -0.05) is 29.3 Å². The highest BCUT2D eigenvalue weighted by molar-refractivity contribution is 6.53. The molecule has 3 aromatic carbocycles. The number of carbonyl (C=O) groups excluding carboxylic acids is 2. The molecule has 10 heteroatoms. The van der Waals surface area contributed by atoms with Gasteiger partial charge in [-0.15, -0.1) is 23.2 Å². The Labute approximate surface area is 214 Å². The van der Waals surface area contributed by atoms with E-state index in [1.807, 2.05) is 0 Å². The summed E-state index contributed by atoms with van der Waals surface area (Å²) < 4.78 is 26.3. The lowest BCUT2D eigenvalue weighted by atomic mass is 10.1. The SMILES string of the molecule is CN(C(=O)c1cc(NC(=O)[C@@H]2[C@@H](c3ccc(Cl)c(Cl)c3)C2(Cl)Cl)ccc1F)c1ccc(F)cc1. The zero-order chi connectivity index (χ0) is 24.8. The third-order valence-corrected chi connectivity index (χ3v) is 7.30. The summed E-state index contributed by atoms with van der Waals surface area (Å²) in [6.07, 6.45) is 0. The van der Waals surface area contributed by atoms with Crippen molar-refractivity contribution in [3.63, 3.8) is 0 Å². The van der Waals surface area contributed by atoms with Gasteiger partial charge in [0.1, 0.15) is 16.0 Å². The van der Waals surface area contributed by atoms with Gasteiger partial charge in [0.2, 0.25) is 5.91 Å². The quantitative estimate of drug-likeness (QED) is 0.350. The zero-order valence-corrected chi connectivity index (χ0v) is 20.5. The van der Waals surface area contributed by atoms with Gasteiger partial charge in [-0.25, -0.2) is 8.78 Å². The van der Waals surface area contributed by atoms with Crippen molar-refractivity contribution in [2.24, 2.45) is 5.92 Å². The maximum atomic E-state index is 14.5. The number of alkyl halides is 2. The predicted molar refractivity (Wildman–Crippen MR) is 131 cm³/mol. The van der Waals surface area contributed by atoms with Gasteiger partial charge in [-0.3, -0.25) is 9.59 Å². The number of benzene rings is 3. The second kappa shape index (κ2) is 9.34. The van der Waals surface area contributed by atoms with Crippen LogP contribution in [0.25, 0.3) is 0 Å². The van der Waals surface area contributed by atoms with E-state index < -0.39 is 39.6 Å². The van der Waals surface area contributed by atoms with Gasteiger partial charge in [0.15, 0.2) is 0 Å². The van der Waals surface area contributed by atoms with Gasteiger partial charge < -0.3 is 10.2 Å². The number of nitrogens with zero attached hydrogens (tertiary/aromatic N) is 1. The lowest BCUT2D eigenvalue weighted by Gasteiger charge is -2.18. The van der Waals surface area contributed by atoms with Crippen LogP contribution in [0.2, 0.25) is 10.0 Å². The average Bonchev–Trinajstić information content (AvgIpc) is 3.38. The van der Waals surface area contributed by atoms with E-state index in [0.29, 0.717) is 21.3 Å². The van der Waals surface area contributed by atoms with Crippen LogP contribution in [0.4, 0.5) is 20.2 Å². The molecule has 2 amide bonds. The van der Waals surface area contributed by atoms with Crippen LogP contribution in [-0.4, -0.2) is 23.2 Å². The van der Waals surface area contributed by atoms with E-state index in [4.69, 9.17) is 46.4 Å². The van der Waals surface area contributed by atoms with E-state index in [0.717, 1.165) is 6.07 Å². The Balaban J connectivity index is 1.53. The van der Waals surface area contributed by atoms with Crippen LogP contribution in [0, 0.1) is 17.6 Å². The molecule has 0 bridgehead atoms. The Morgan fingerprint density at radius 1 is 0.941 bits per heavy atom. The fourth-order valence-corrected chi connectivity index (χ4v) is 4.86. The standard InChI is InChI=1S/C24H16Cl4F2N2O2/c1-32(15-6-3-13(29)4-7-15)23(34)16-11-14(5-9-19(16)30)31-22(33)21-20(24(21,27)28)12-2-8-17(25)18(26)10-12/h2-11,20-21H,1H3,(H,31,33)/t20-,21+/m1/s1. The van der Waals surface area contributed by atoms with Gasteiger partial charge in [-0.2, -0.15) is 0 Å². The summed E-state index contributed by atoms with van der Waals surface area (Å²) in [6, 6.07) is 13.7. The van der Waals surface area contributed by atoms with E-state index >= 15 is 0 Å². The Morgan fingerprint density at radius 2 is 1.62 bits per heavy atom. The van der Waals surface area contributed by atoms with Crippen LogP contribution in [0.15, 0.2) is 60.7 Å². The zero-order valence-electron chi connectivity index (χ0n) is 17.5. The largest absolute Gasteiger partial charge is 0.326 e. The maximum absolute atomic E-state index is 14.5. The molecule has 4 rings (SSSR count). The number of rotatable bonds is 5. The normalized spacial score (nSPS) is 18.3. The van der Waals surface area contributed by atoms with Crippen molar-refractivity contribution in [2.75, 3.05) is 17.3 Å². The first-order valence-electron chi connectivity index (χ1n) is 9.97. The molecule has 0 radical (unpaired) electrons. The molecule has 0 heterocycles. The topological polar surface area (TPSA) is 49.4 Å². The molecular weight excluding hydrogens is 528 g/mol. The smallest absolute Gasteiger partial charge is 0.261 e. The van der Waals surface area contributed by atoms with Crippen molar-refractivity contribution in [2.45, 2.75) is 10.3 Å². The van der Waals surface area contributed by atoms with Gasteiger partial charge in [0.05, 0.1) is 21.5 Å². The molecule has 1 aliphatic carbocycles. The molecule has 34 heavy (non-hydrogen) atoms. The molecule has 176 valence electrons. The summed E-state index contributed by atoms with van der Waals surface area (Å²) >= 11 is 24.8. The summed E-state index contributed by atoms with van der Waals surface area (Å²) in [7, 11) is 1.43. The second-order valence-corrected chi connectivity index (χ2v) is 10.1. The minimum Gasteiger partial charge on any atom is -0.326 e. The number of hydrogen-bond acceptors (Lipinski definition) is 2. The summed E-state index contributed by atoms with van der Waals surface area (Å²) in [4.78, 5) is 26.9. The highest BCUT2D eigenvalue weighted by Gasteiger charge is 2.67. The first-order valence-corrected chi connectivity index (χ1v) is 11.5. The van der Waals surface area contributed by atoms with E-state index in [1.165, 1.54) is 48.3 Å². The molecule has 0 aromatic heterocycles. The molecule has 4 nitrogen and oxygen atoms in total. The summed E-state index contributed by atoms with van der Waals surface area (Å²) in [5.41, 5.74) is 0.933. The van der Waals surface area contributed by atoms with E-state index in [1.54, 1.807) is 18.2 Å². The molecule has 0 unspecified atom stereocenters. The molecule has 0 spiro atoms. The molecule has 0 aliphatic heterocycles. The van der Waals surface area contributed by atoms with Crippen molar-refractivity contribution < 1.29 is 18.4 Å². The monoisotopic (exact) mass is 542 g/mol. The number of amides is 2. The second-order valence-electron chi connectivity index (χ2n) is 7.83. The highest BCUT2D eigenvalue weighted by Crippen LogP contribution is 2.65. The highest BCUT2D eigenvalue weighted by atomic mass is 35.5. The first kappa shape index (κ1) is 24.7. The van der Waals surface area contributed by atoms with E-state index in [-0.39, 0.29) is 11.3 Å². The van der Waals surface area contributed by atoms with Crippen molar-refractivity contribution in [1.82, 2.24) is 0 Å². The third kappa shape index (κ3) is 4.73. The summed E-state index contributed by atoms with van der Waals surface area (Å²) in [5, 5.41) is 3.30. The van der Waals surface area contributed by atoms with Crippen LogP contribution < -0.4 is 10.2 Å². The molecule has 1 saturated carbocycles. The van der Waals surface area contributed by atoms with Crippen LogP contribution in [-0.2, 0) is 4.79 Å². The van der Waals surface area contributed by atoms with Gasteiger partial charge >= 0.3 is 0 Å². The molecule has 1 fully saturated rings. The Kier molecular flexibility index (Phi) is 6.80. The fraction of sp³-hybridized carbons (Fsp3) is 0.167. The van der Waals surface area contributed by atoms with Crippen LogP contribution in [0.3, 0.4) is 0 Å². The molecule has 3 aromatic rings. The summed E-state index contributed by atoms with van der Waals surface area (Å²) in [6.45, 7) is 0. The van der Waals surface area contributed by atoms with Gasteiger partial charge in [-0.05, 0) is 60.2 Å². The van der Waals surface area contributed by atoms with Crippen molar-refractivity contribution in [3.05, 3.63) is 93.5 Å². The lowest BCUT2D eigenvalue weighted by molar-refractivity contribution is -0.117. The number of halogens is 6. The maximum Gasteiger partial charge on any atom is 0.261 e. The predicted octanol–water partition coefficient (Wildman–Crippen LogP) is 7.07. The van der Waals surface area contributed by atoms with Gasteiger partial charge in [0.25, 0.3) is 5.91 Å². The summed E-state index contributed by atoms with van der Waals surface area (Å²) in [5.74, 6) is -3.76. The number of hydrogen-bond donors (Lipinski definition) is 1. The minimum atomic E-state index is -1.37. The number of nitrogens with one attached hydrogen (secondary N) is 1. The van der Waals surface area contributed by atoms with Crippen LogP contribution >= 0.6 is 46.4 Å².